The number of thioether (sulfide) groups is 1. The van der Waals surface area contributed by atoms with Crippen LogP contribution in [0, 0.1) is 0 Å². The van der Waals surface area contributed by atoms with E-state index in [1.54, 1.807) is 11.8 Å². The molecular formula is C24H18ClN5O2S. The van der Waals surface area contributed by atoms with Gasteiger partial charge in [0.2, 0.25) is 5.95 Å². The summed E-state index contributed by atoms with van der Waals surface area (Å²) >= 11 is 8.13. The van der Waals surface area contributed by atoms with Crippen LogP contribution in [0.1, 0.15) is 15.9 Å². The molecule has 2 aromatic heterocycles. The molecule has 0 bridgehead atoms. The normalized spacial score (nSPS) is 11.2. The van der Waals surface area contributed by atoms with Crippen molar-refractivity contribution in [2.45, 2.75) is 10.6 Å². The lowest BCUT2D eigenvalue weighted by Crippen LogP contribution is -1.97. The number of hydrogen-bond acceptors (Lipinski definition) is 5. The summed E-state index contributed by atoms with van der Waals surface area (Å²) in [6, 6.07) is 19.9. The Morgan fingerprint density at radius 1 is 1.15 bits per heavy atom. The number of rotatable bonds is 6. The van der Waals surface area contributed by atoms with Gasteiger partial charge in [-0.05, 0) is 29.3 Å². The fraction of sp³-hybridized carbons (Fsp3) is 0.0417. The summed E-state index contributed by atoms with van der Waals surface area (Å²) in [7, 11) is 0. The number of hydrogen-bond donors (Lipinski definition) is 3. The smallest absolute Gasteiger partial charge is 0.338 e. The number of imidazole rings is 1. The third kappa shape index (κ3) is 4.30. The molecule has 0 saturated carbocycles. The van der Waals surface area contributed by atoms with E-state index in [1.165, 1.54) is 17.1 Å². The standard InChI is InChI=1S/C24H18ClN5O2S/c25-18-9-20-21(29-24(28-20)30-12-16(11-27-30)23(31)32)10-22(18)33-13-14-5-7-15(8-6-14)17-3-1-2-4-19(17)26/h1-12H,13,26H2,(H,28,29)(H,31,32). The van der Waals surface area contributed by atoms with Gasteiger partial charge in [-0.2, -0.15) is 5.10 Å². The summed E-state index contributed by atoms with van der Waals surface area (Å²) in [4.78, 5) is 19.7. The maximum absolute atomic E-state index is 11.1. The van der Waals surface area contributed by atoms with Crippen LogP contribution in [0.15, 0.2) is 78.0 Å². The number of H-pyrrole nitrogens is 1. The number of halogens is 1. The van der Waals surface area contributed by atoms with E-state index in [0.29, 0.717) is 11.0 Å². The molecule has 0 atom stereocenters. The quantitative estimate of drug-likeness (QED) is 0.216. The molecular weight excluding hydrogens is 458 g/mol. The molecule has 0 spiro atoms. The molecule has 0 aliphatic heterocycles. The first-order chi connectivity index (χ1) is 16.0. The largest absolute Gasteiger partial charge is 0.478 e. The van der Waals surface area contributed by atoms with Crippen LogP contribution < -0.4 is 5.73 Å². The van der Waals surface area contributed by atoms with Gasteiger partial charge in [-0.3, -0.25) is 0 Å². The van der Waals surface area contributed by atoms with E-state index in [2.05, 4.69) is 39.3 Å². The number of nitrogens with zero attached hydrogens (tertiary/aromatic N) is 3. The van der Waals surface area contributed by atoms with Gasteiger partial charge in [-0.15, -0.1) is 11.8 Å². The zero-order valence-electron chi connectivity index (χ0n) is 17.2. The number of benzene rings is 3. The summed E-state index contributed by atoms with van der Waals surface area (Å²) in [5.74, 6) is 0.125. The van der Waals surface area contributed by atoms with Gasteiger partial charge in [0, 0.05) is 28.1 Å². The zero-order valence-corrected chi connectivity index (χ0v) is 18.8. The Morgan fingerprint density at radius 3 is 2.67 bits per heavy atom. The van der Waals surface area contributed by atoms with Crippen molar-refractivity contribution in [3.63, 3.8) is 0 Å². The van der Waals surface area contributed by atoms with Crippen LogP contribution in [-0.4, -0.2) is 30.8 Å². The SMILES string of the molecule is Nc1ccccc1-c1ccc(CSc2cc3nc(-n4cc(C(=O)O)cn4)[nH]c3cc2Cl)cc1. The maximum atomic E-state index is 11.1. The number of carboxylic acids is 1. The zero-order chi connectivity index (χ0) is 22.9. The van der Waals surface area contributed by atoms with Crippen molar-refractivity contribution in [2.24, 2.45) is 0 Å². The van der Waals surface area contributed by atoms with Crippen molar-refractivity contribution >= 4 is 46.1 Å². The molecule has 33 heavy (non-hydrogen) atoms. The van der Waals surface area contributed by atoms with Gasteiger partial charge in [0.25, 0.3) is 0 Å². The second-order valence-corrected chi connectivity index (χ2v) is 8.84. The predicted molar refractivity (Wildman–Crippen MR) is 131 cm³/mol. The van der Waals surface area contributed by atoms with Crippen molar-refractivity contribution < 1.29 is 9.90 Å². The van der Waals surface area contributed by atoms with E-state index < -0.39 is 5.97 Å². The molecule has 0 amide bonds. The molecule has 5 rings (SSSR count). The van der Waals surface area contributed by atoms with Crippen LogP contribution in [0.2, 0.25) is 5.02 Å². The average Bonchev–Trinajstić information content (AvgIpc) is 3.45. The minimum Gasteiger partial charge on any atom is -0.478 e. The number of nitrogens with two attached hydrogens (primary N) is 1. The number of aromatic nitrogens is 4. The highest BCUT2D eigenvalue weighted by Gasteiger charge is 2.13. The summed E-state index contributed by atoms with van der Waals surface area (Å²) in [5.41, 5.74) is 11.7. The monoisotopic (exact) mass is 475 g/mol. The molecule has 0 aliphatic carbocycles. The van der Waals surface area contributed by atoms with Gasteiger partial charge >= 0.3 is 5.97 Å². The van der Waals surface area contributed by atoms with Crippen molar-refractivity contribution in [3.05, 3.63) is 89.2 Å². The first kappa shape index (κ1) is 21.1. The number of aromatic amines is 1. The van der Waals surface area contributed by atoms with E-state index in [-0.39, 0.29) is 5.56 Å². The van der Waals surface area contributed by atoms with Gasteiger partial charge in [0.15, 0.2) is 0 Å². The number of carbonyl (C=O) groups is 1. The van der Waals surface area contributed by atoms with E-state index in [0.717, 1.165) is 44.1 Å². The number of carboxylic acid groups (broad SMARTS) is 1. The summed E-state index contributed by atoms with van der Waals surface area (Å²) in [6.45, 7) is 0. The minimum absolute atomic E-state index is 0.0886. The second kappa shape index (κ2) is 8.65. The lowest BCUT2D eigenvalue weighted by Gasteiger charge is -2.08. The highest BCUT2D eigenvalue weighted by Crippen LogP contribution is 2.34. The Kier molecular flexibility index (Phi) is 5.53. The number of anilines is 1. The lowest BCUT2D eigenvalue weighted by molar-refractivity contribution is 0.0697. The molecule has 9 heteroatoms. The van der Waals surface area contributed by atoms with Crippen molar-refractivity contribution in [3.8, 4) is 17.1 Å². The third-order valence-corrected chi connectivity index (χ3v) is 6.74. The number of fused-ring (bicyclic) bond motifs is 1. The Balaban J connectivity index is 1.34. The fourth-order valence-electron chi connectivity index (χ4n) is 3.47. The Hall–Kier alpha value is -3.75. The number of nitrogens with one attached hydrogen (secondary N) is 1. The van der Waals surface area contributed by atoms with Crippen LogP contribution in [0.3, 0.4) is 0 Å². The topological polar surface area (TPSA) is 110 Å². The number of para-hydroxylation sites is 1. The summed E-state index contributed by atoms with van der Waals surface area (Å²) in [5, 5.41) is 13.8. The predicted octanol–water partition coefficient (Wildman–Crippen LogP) is 5.64. The summed E-state index contributed by atoms with van der Waals surface area (Å²) < 4.78 is 1.39. The highest BCUT2D eigenvalue weighted by molar-refractivity contribution is 7.98. The van der Waals surface area contributed by atoms with Crippen LogP contribution in [0.4, 0.5) is 5.69 Å². The molecule has 3 aromatic carbocycles. The van der Waals surface area contributed by atoms with E-state index in [4.69, 9.17) is 22.4 Å². The van der Waals surface area contributed by atoms with Crippen LogP contribution in [-0.2, 0) is 5.75 Å². The van der Waals surface area contributed by atoms with Gasteiger partial charge in [0.1, 0.15) is 0 Å². The molecule has 164 valence electrons. The molecule has 2 heterocycles. The highest BCUT2D eigenvalue weighted by atomic mass is 35.5. The second-order valence-electron chi connectivity index (χ2n) is 7.41. The number of nitrogen functional groups attached to an aromatic ring is 1. The van der Waals surface area contributed by atoms with Crippen LogP contribution in [0.5, 0.6) is 0 Å². The van der Waals surface area contributed by atoms with Crippen molar-refractivity contribution in [1.29, 1.82) is 0 Å². The first-order valence-electron chi connectivity index (χ1n) is 10.0. The van der Waals surface area contributed by atoms with Crippen LogP contribution in [0.25, 0.3) is 28.1 Å². The molecule has 5 aromatic rings. The minimum atomic E-state index is -1.04. The van der Waals surface area contributed by atoms with Gasteiger partial charge in [0.05, 0.1) is 27.8 Å². The lowest BCUT2D eigenvalue weighted by atomic mass is 10.0. The Bertz CT molecular complexity index is 1480. The van der Waals surface area contributed by atoms with E-state index >= 15 is 0 Å². The van der Waals surface area contributed by atoms with Gasteiger partial charge in [-0.1, -0.05) is 54.1 Å². The van der Waals surface area contributed by atoms with Gasteiger partial charge in [-0.25, -0.2) is 14.5 Å². The molecule has 4 N–H and O–H groups in total. The Morgan fingerprint density at radius 2 is 1.94 bits per heavy atom. The molecule has 0 radical (unpaired) electrons. The fourth-order valence-corrected chi connectivity index (χ4v) is 4.70. The summed E-state index contributed by atoms with van der Waals surface area (Å²) in [6.07, 6.45) is 2.69. The van der Waals surface area contributed by atoms with Crippen molar-refractivity contribution in [1.82, 2.24) is 19.7 Å². The number of aromatic carboxylic acids is 1. The van der Waals surface area contributed by atoms with Gasteiger partial charge < -0.3 is 15.8 Å². The molecule has 7 nitrogen and oxygen atoms in total. The molecule has 0 aliphatic rings. The molecule has 0 saturated heterocycles. The van der Waals surface area contributed by atoms with Crippen LogP contribution >= 0.6 is 23.4 Å². The van der Waals surface area contributed by atoms with E-state index in [1.807, 2.05) is 36.4 Å². The van der Waals surface area contributed by atoms with E-state index in [9.17, 15) is 4.79 Å². The maximum Gasteiger partial charge on any atom is 0.338 e. The average molecular weight is 476 g/mol. The third-order valence-electron chi connectivity index (χ3n) is 5.19. The molecule has 0 fully saturated rings. The first-order valence-corrected chi connectivity index (χ1v) is 11.4. The molecule has 0 unspecified atom stereocenters. The Labute approximate surface area is 198 Å². The van der Waals surface area contributed by atoms with Crippen molar-refractivity contribution in [2.75, 3.05) is 5.73 Å².